The highest BCUT2D eigenvalue weighted by Crippen LogP contribution is 2.31. The number of rotatable bonds is 7. The topological polar surface area (TPSA) is 21.3 Å². The molecule has 0 rings (SSSR count). The Morgan fingerprint density at radius 3 is 1.72 bits per heavy atom. The van der Waals surface area contributed by atoms with Crippen LogP contribution in [0.15, 0.2) is 0 Å². The Kier molecular flexibility index (Phi) is 6.87. The van der Waals surface area contributed by atoms with E-state index in [0.717, 1.165) is 19.6 Å². The second-order valence-corrected chi connectivity index (χ2v) is 7.52. The van der Waals surface area contributed by atoms with Crippen molar-refractivity contribution in [1.29, 1.82) is 0 Å². The molecular formula is C16H35NO. The lowest BCUT2D eigenvalue weighted by molar-refractivity contribution is -0.0206. The van der Waals surface area contributed by atoms with Crippen molar-refractivity contribution in [1.82, 2.24) is 5.32 Å². The van der Waals surface area contributed by atoms with Crippen LogP contribution in [-0.2, 0) is 4.74 Å². The third-order valence-electron chi connectivity index (χ3n) is 3.66. The van der Waals surface area contributed by atoms with Crippen LogP contribution in [0.5, 0.6) is 0 Å². The van der Waals surface area contributed by atoms with Gasteiger partial charge in [0.25, 0.3) is 0 Å². The van der Waals surface area contributed by atoms with E-state index in [4.69, 9.17) is 4.74 Å². The van der Waals surface area contributed by atoms with Crippen molar-refractivity contribution < 1.29 is 4.74 Å². The third-order valence-corrected chi connectivity index (χ3v) is 3.66. The van der Waals surface area contributed by atoms with E-state index in [2.05, 4.69) is 60.7 Å². The van der Waals surface area contributed by atoms with Gasteiger partial charge in [-0.3, -0.25) is 0 Å². The highest BCUT2D eigenvalue weighted by atomic mass is 16.5. The van der Waals surface area contributed by atoms with E-state index in [-0.39, 0.29) is 11.1 Å². The normalized spacial score (nSPS) is 14.0. The lowest BCUT2D eigenvalue weighted by Gasteiger charge is -2.36. The number of ether oxygens (including phenoxy) is 1. The largest absolute Gasteiger partial charge is 0.376 e. The molecule has 0 spiro atoms. The van der Waals surface area contributed by atoms with Gasteiger partial charge in [-0.15, -0.1) is 0 Å². The van der Waals surface area contributed by atoms with Crippen molar-refractivity contribution in [3.05, 3.63) is 0 Å². The van der Waals surface area contributed by atoms with Crippen LogP contribution in [0.4, 0.5) is 0 Å². The van der Waals surface area contributed by atoms with Crippen LogP contribution >= 0.6 is 0 Å². The number of hydrogen-bond acceptors (Lipinski definition) is 2. The highest BCUT2D eigenvalue weighted by Gasteiger charge is 2.28. The smallest absolute Gasteiger partial charge is 0.0598 e. The van der Waals surface area contributed by atoms with Gasteiger partial charge in [-0.25, -0.2) is 0 Å². The lowest BCUT2D eigenvalue weighted by atomic mass is 9.79. The van der Waals surface area contributed by atoms with Gasteiger partial charge in [-0.1, -0.05) is 13.8 Å². The summed E-state index contributed by atoms with van der Waals surface area (Å²) in [5, 5.41) is 3.66. The molecule has 1 N–H and O–H groups in total. The van der Waals surface area contributed by atoms with Crippen molar-refractivity contribution >= 4 is 0 Å². The Hall–Kier alpha value is -0.0800. The summed E-state index contributed by atoms with van der Waals surface area (Å²) >= 11 is 0. The molecule has 0 aliphatic rings. The Labute approximate surface area is 115 Å². The maximum Gasteiger partial charge on any atom is 0.0598 e. The molecule has 0 saturated heterocycles. The van der Waals surface area contributed by atoms with Crippen LogP contribution in [0.3, 0.4) is 0 Å². The van der Waals surface area contributed by atoms with E-state index in [1.807, 2.05) is 0 Å². The fourth-order valence-electron chi connectivity index (χ4n) is 1.97. The third kappa shape index (κ3) is 8.10. The second kappa shape index (κ2) is 6.91. The maximum atomic E-state index is 5.89. The van der Waals surface area contributed by atoms with Gasteiger partial charge in [-0.05, 0) is 66.2 Å². The van der Waals surface area contributed by atoms with E-state index in [9.17, 15) is 0 Å². The first kappa shape index (κ1) is 17.9. The Morgan fingerprint density at radius 2 is 1.39 bits per heavy atom. The minimum absolute atomic E-state index is 0.0231. The number of nitrogens with one attached hydrogen (secondary N) is 1. The van der Waals surface area contributed by atoms with Crippen molar-refractivity contribution in [3.63, 3.8) is 0 Å². The zero-order valence-electron chi connectivity index (χ0n) is 13.9. The summed E-state index contributed by atoms with van der Waals surface area (Å²) in [5.74, 6) is 0. The summed E-state index contributed by atoms with van der Waals surface area (Å²) in [6.07, 6.45) is 3.56. The lowest BCUT2D eigenvalue weighted by Crippen LogP contribution is -2.44. The van der Waals surface area contributed by atoms with Gasteiger partial charge in [0, 0.05) is 18.7 Å². The van der Waals surface area contributed by atoms with Crippen molar-refractivity contribution in [2.45, 2.75) is 85.8 Å². The van der Waals surface area contributed by atoms with Crippen LogP contribution in [-0.4, -0.2) is 24.3 Å². The van der Waals surface area contributed by atoms with Crippen molar-refractivity contribution in [2.75, 3.05) is 13.2 Å². The van der Waals surface area contributed by atoms with Gasteiger partial charge >= 0.3 is 0 Å². The molecule has 0 atom stereocenters. The van der Waals surface area contributed by atoms with Crippen LogP contribution in [0, 0.1) is 5.41 Å². The molecule has 0 aromatic heterocycles. The fourth-order valence-corrected chi connectivity index (χ4v) is 1.97. The predicted octanol–water partition coefficient (Wildman–Crippen LogP) is 4.39. The molecule has 2 heteroatoms. The Bertz CT molecular complexity index is 218. The summed E-state index contributed by atoms with van der Waals surface area (Å²) in [6, 6.07) is 0. The average molecular weight is 257 g/mol. The minimum atomic E-state index is -0.0231. The Balaban J connectivity index is 4.34. The molecule has 0 aliphatic heterocycles. The molecule has 0 aromatic carbocycles. The van der Waals surface area contributed by atoms with Gasteiger partial charge in [0.15, 0.2) is 0 Å². The van der Waals surface area contributed by atoms with Crippen molar-refractivity contribution in [3.8, 4) is 0 Å². The second-order valence-electron chi connectivity index (χ2n) is 7.52. The summed E-state index contributed by atoms with van der Waals surface area (Å²) in [7, 11) is 0. The molecule has 0 unspecified atom stereocenters. The van der Waals surface area contributed by atoms with E-state index in [0.29, 0.717) is 5.41 Å². The van der Waals surface area contributed by atoms with E-state index < -0.39 is 0 Å². The van der Waals surface area contributed by atoms with Gasteiger partial charge in [0.1, 0.15) is 0 Å². The summed E-state index contributed by atoms with van der Waals surface area (Å²) in [4.78, 5) is 0. The zero-order chi connectivity index (χ0) is 14.4. The van der Waals surface area contributed by atoms with Gasteiger partial charge in [0.2, 0.25) is 0 Å². The van der Waals surface area contributed by atoms with Crippen LogP contribution in [0.2, 0.25) is 0 Å². The first-order valence-electron chi connectivity index (χ1n) is 7.42. The molecule has 0 fully saturated rings. The van der Waals surface area contributed by atoms with E-state index in [1.165, 1.54) is 12.8 Å². The van der Waals surface area contributed by atoms with Crippen LogP contribution in [0.1, 0.15) is 74.7 Å². The summed E-state index contributed by atoms with van der Waals surface area (Å²) in [5.41, 5.74) is 0.545. The minimum Gasteiger partial charge on any atom is -0.376 e. The van der Waals surface area contributed by atoms with Crippen molar-refractivity contribution in [2.24, 2.45) is 5.41 Å². The van der Waals surface area contributed by atoms with E-state index >= 15 is 0 Å². The molecule has 0 bridgehead atoms. The molecular weight excluding hydrogens is 222 g/mol. The molecule has 0 aliphatic carbocycles. The van der Waals surface area contributed by atoms with Gasteiger partial charge < -0.3 is 10.1 Å². The fraction of sp³-hybridized carbons (Fsp3) is 1.00. The number of hydrogen-bond donors (Lipinski definition) is 1. The quantitative estimate of drug-likeness (QED) is 0.730. The Morgan fingerprint density at radius 1 is 0.889 bits per heavy atom. The summed E-state index contributed by atoms with van der Waals surface area (Å²) < 4.78 is 5.89. The maximum absolute atomic E-state index is 5.89. The first-order valence-corrected chi connectivity index (χ1v) is 7.42. The molecule has 2 nitrogen and oxygen atoms in total. The van der Waals surface area contributed by atoms with Gasteiger partial charge in [0.05, 0.1) is 5.60 Å². The molecule has 18 heavy (non-hydrogen) atoms. The molecule has 0 amide bonds. The van der Waals surface area contributed by atoms with Gasteiger partial charge in [-0.2, -0.15) is 0 Å². The standard InChI is InChI=1S/C16H35NO/c1-9-16(10-2,13-17-14(3,4)5)11-12-18-15(6,7)8/h17H,9-13H2,1-8H3. The van der Waals surface area contributed by atoms with Crippen LogP contribution in [0.25, 0.3) is 0 Å². The molecule has 0 aromatic rings. The first-order chi connectivity index (χ1) is 8.04. The van der Waals surface area contributed by atoms with Crippen LogP contribution < -0.4 is 5.32 Å². The highest BCUT2D eigenvalue weighted by molar-refractivity contribution is 4.83. The molecule has 0 radical (unpaired) electrons. The average Bonchev–Trinajstić information content (AvgIpc) is 2.20. The predicted molar refractivity (Wildman–Crippen MR) is 81.1 cm³/mol. The molecule has 110 valence electrons. The monoisotopic (exact) mass is 257 g/mol. The zero-order valence-corrected chi connectivity index (χ0v) is 13.9. The molecule has 0 heterocycles. The molecule has 0 saturated carbocycles. The SMILES string of the molecule is CCC(CC)(CCOC(C)(C)C)CNC(C)(C)C. The van der Waals surface area contributed by atoms with E-state index in [1.54, 1.807) is 0 Å². The summed E-state index contributed by atoms with van der Waals surface area (Å²) in [6.45, 7) is 19.6.